The summed E-state index contributed by atoms with van der Waals surface area (Å²) in [6.45, 7) is 2.60. The molecule has 1 saturated heterocycles. The van der Waals surface area contributed by atoms with E-state index in [2.05, 4.69) is 5.10 Å². The van der Waals surface area contributed by atoms with Gasteiger partial charge in [-0.3, -0.25) is 9.59 Å². The fraction of sp³-hybridized carbons (Fsp3) is 0.400. The lowest BCUT2D eigenvalue weighted by Gasteiger charge is -2.22. The zero-order valence-corrected chi connectivity index (χ0v) is 11.8. The van der Waals surface area contributed by atoms with E-state index in [0.29, 0.717) is 24.9 Å². The first-order chi connectivity index (χ1) is 10.1. The van der Waals surface area contributed by atoms with Gasteiger partial charge in [0.25, 0.3) is 5.91 Å². The van der Waals surface area contributed by atoms with Gasteiger partial charge in [-0.05, 0) is 25.0 Å². The number of carbonyl (C=O) groups is 2. The molecule has 2 aromatic heterocycles. The summed E-state index contributed by atoms with van der Waals surface area (Å²) < 4.78 is 1.65. The molecule has 1 N–H and O–H groups in total. The second-order valence-electron chi connectivity index (χ2n) is 5.50. The Morgan fingerprint density at radius 2 is 2.24 bits per heavy atom. The highest BCUT2D eigenvalue weighted by Gasteiger charge is 2.45. The van der Waals surface area contributed by atoms with Gasteiger partial charge in [0.15, 0.2) is 0 Å². The standard InChI is InChI=1S/C15H17N3O3/c1-2-15(14(20)21)6-8-17(10-15)13(19)11-9-16-18-7-4-3-5-12(11)18/h3-5,7,9H,2,6,8,10H2,1H3,(H,20,21). The summed E-state index contributed by atoms with van der Waals surface area (Å²) in [6.07, 6.45) is 4.36. The molecule has 0 aromatic carbocycles. The van der Waals surface area contributed by atoms with Gasteiger partial charge in [-0.1, -0.05) is 13.0 Å². The molecule has 1 amide bonds. The molecule has 3 heterocycles. The Morgan fingerprint density at radius 1 is 1.43 bits per heavy atom. The molecule has 0 spiro atoms. The molecule has 3 rings (SSSR count). The van der Waals surface area contributed by atoms with Crippen molar-refractivity contribution in [2.45, 2.75) is 19.8 Å². The van der Waals surface area contributed by atoms with Crippen LogP contribution < -0.4 is 0 Å². The lowest BCUT2D eigenvalue weighted by atomic mass is 9.84. The van der Waals surface area contributed by atoms with Crippen molar-refractivity contribution < 1.29 is 14.7 Å². The van der Waals surface area contributed by atoms with Gasteiger partial charge < -0.3 is 10.0 Å². The number of likely N-dealkylation sites (tertiary alicyclic amines) is 1. The van der Waals surface area contributed by atoms with Gasteiger partial charge in [0.05, 0.1) is 22.7 Å². The number of hydrogen-bond donors (Lipinski definition) is 1. The normalized spacial score (nSPS) is 21.9. The molecule has 6 heteroatoms. The van der Waals surface area contributed by atoms with Gasteiger partial charge in [-0.2, -0.15) is 5.10 Å². The Balaban J connectivity index is 1.89. The quantitative estimate of drug-likeness (QED) is 0.931. The lowest BCUT2D eigenvalue weighted by Crippen LogP contribution is -2.36. The monoisotopic (exact) mass is 287 g/mol. The predicted octanol–water partition coefficient (Wildman–Crippen LogP) is 1.66. The predicted molar refractivity (Wildman–Crippen MR) is 76.1 cm³/mol. The van der Waals surface area contributed by atoms with Gasteiger partial charge >= 0.3 is 5.97 Å². The average molecular weight is 287 g/mol. The van der Waals surface area contributed by atoms with Crippen LogP contribution in [-0.2, 0) is 4.79 Å². The van der Waals surface area contributed by atoms with Crippen LogP contribution in [0.25, 0.3) is 5.52 Å². The second kappa shape index (κ2) is 4.87. The van der Waals surface area contributed by atoms with Crippen LogP contribution in [0.15, 0.2) is 30.6 Å². The number of carboxylic acids is 1. The summed E-state index contributed by atoms with van der Waals surface area (Å²) in [6, 6.07) is 5.53. The summed E-state index contributed by atoms with van der Waals surface area (Å²) in [4.78, 5) is 25.7. The molecule has 1 aliphatic heterocycles. The van der Waals surface area contributed by atoms with Gasteiger partial charge in [-0.25, -0.2) is 4.52 Å². The number of fused-ring (bicyclic) bond motifs is 1. The van der Waals surface area contributed by atoms with E-state index in [1.807, 2.05) is 25.1 Å². The number of aromatic nitrogens is 2. The van der Waals surface area contributed by atoms with Crippen LogP contribution in [-0.4, -0.2) is 44.6 Å². The van der Waals surface area contributed by atoms with E-state index in [4.69, 9.17) is 0 Å². The first-order valence-electron chi connectivity index (χ1n) is 7.02. The van der Waals surface area contributed by atoms with Gasteiger partial charge in [-0.15, -0.1) is 0 Å². The van der Waals surface area contributed by atoms with E-state index in [0.717, 1.165) is 5.52 Å². The Kier molecular flexibility index (Phi) is 3.16. The number of aliphatic carboxylic acids is 1. The number of rotatable bonds is 3. The van der Waals surface area contributed by atoms with Gasteiger partial charge in [0, 0.05) is 19.3 Å². The lowest BCUT2D eigenvalue weighted by molar-refractivity contribution is -0.148. The van der Waals surface area contributed by atoms with Crippen LogP contribution in [0, 0.1) is 5.41 Å². The van der Waals surface area contributed by atoms with E-state index >= 15 is 0 Å². The second-order valence-corrected chi connectivity index (χ2v) is 5.50. The van der Waals surface area contributed by atoms with Gasteiger partial charge in [0.2, 0.25) is 0 Å². The van der Waals surface area contributed by atoms with Crippen molar-refractivity contribution in [2.75, 3.05) is 13.1 Å². The molecular weight excluding hydrogens is 270 g/mol. The van der Waals surface area contributed by atoms with Crippen LogP contribution in [0.1, 0.15) is 30.1 Å². The Morgan fingerprint density at radius 3 is 2.90 bits per heavy atom. The summed E-state index contributed by atoms with van der Waals surface area (Å²) in [7, 11) is 0. The van der Waals surface area contributed by atoms with Crippen LogP contribution in [0.3, 0.4) is 0 Å². The highest BCUT2D eigenvalue weighted by Crippen LogP contribution is 2.35. The molecule has 0 saturated carbocycles. The fourth-order valence-corrected chi connectivity index (χ4v) is 2.93. The van der Waals surface area contributed by atoms with E-state index in [-0.39, 0.29) is 12.5 Å². The molecule has 21 heavy (non-hydrogen) atoms. The number of carboxylic acid groups (broad SMARTS) is 1. The zero-order valence-electron chi connectivity index (χ0n) is 11.8. The third kappa shape index (κ3) is 2.07. The minimum absolute atomic E-state index is 0.146. The molecule has 110 valence electrons. The van der Waals surface area contributed by atoms with Crippen LogP contribution >= 0.6 is 0 Å². The molecule has 0 bridgehead atoms. The van der Waals surface area contributed by atoms with E-state index < -0.39 is 11.4 Å². The molecule has 0 radical (unpaired) electrons. The minimum atomic E-state index is -0.819. The van der Waals surface area contributed by atoms with Crippen molar-refractivity contribution in [3.63, 3.8) is 0 Å². The van der Waals surface area contributed by atoms with Crippen molar-refractivity contribution in [1.29, 1.82) is 0 Å². The third-order valence-electron chi connectivity index (χ3n) is 4.43. The van der Waals surface area contributed by atoms with Crippen molar-refractivity contribution in [3.8, 4) is 0 Å². The van der Waals surface area contributed by atoms with Crippen molar-refractivity contribution in [2.24, 2.45) is 5.41 Å². The molecule has 6 nitrogen and oxygen atoms in total. The maximum Gasteiger partial charge on any atom is 0.311 e. The molecule has 0 aliphatic carbocycles. The molecule has 1 aliphatic rings. The number of hydrogen-bond acceptors (Lipinski definition) is 3. The first kappa shape index (κ1) is 13.6. The SMILES string of the molecule is CCC1(C(=O)O)CCN(C(=O)c2cnn3ccccc23)C1. The maximum absolute atomic E-state index is 12.6. The van der Waals surface area contributed by atoms with Crippen LogP contribution in [0.2, 0.25) is 0 Å². The average Bonchev–Trinajstić information content (AvgIpc) is 3.12. The highest BCUT2D eigenvalue weighted by atomic mass is 16.4. The molecule has 2 aromatic rings. The highest BCUT2D eigenvalue weighted by molar-refractivity contribution is 6.01. The van der Waals surface area contributed by atoms with E-state index in [9.17, 15) is 14.7 Å². The topological polar surface area (TPSA) is 74.9 Å². The Bertz CT molecular complexity index is 709. The summed E-state index contributed by atoms with van der Waals surface area (Å²) >= 11 is 0. The Hall–Kier alpha value is -2.37. The fourth-order valence-electron chi connectivity index (χ4n) is 2.93. The largest absolute Gasteiger partial charge is 0.481 e. The Labute approximate surface area is 122 Å². The third-order valence-corrected chi connectivity index (χ3v) is 4.43. The zero-order chi connectivity index (χ0) is 15.0. The van der Waals surface area contributed by atoms with Crippen molar-refractivity contribution in [1.82, 2.24) is 14.5 Å². The molecule has 1 fully saturated rings. The molecule has 1 unspecified atom stereocenters. The van der Waals surface area contributed by atoms with Crippen molar-refractivity contribution >= 4 is 17.4 Å². The van der Waals surface area contributed by atoms with Crippen LogP contribution in [0.5, 0.6) is 0 Å². The number of pyridine rings is 1. The van der Waals surface area contributed by atoms with E-state index in [1.165, 1.54) is 0 Å². The number of amides is 1. The summed E-state index contributed by atoms with van der Waals surface area (Å²) in [5.74, 6) is -0.965. The summed E-state index contributed by atoms with van der Waals surface area (Å²) in [5, 5.41) is 13.6. The minimum Gasteiger partial charge on any atom is -0.481 e. The maximum atomic E-state index is 12.6. The first-order valence-corrected chi connectivity index (χ1v) is 7.02. The van der Waals surface area contributed by atoms with Crippen LogP contribution in [0.4, 0.5) is 0 Å². The number of carbonyl (C=O) groups excluding carboxylic acids is 1. The molecule has 1 atom stereocenters. The van der Waals surface area contributed by atoms with Crippen molar-refractivity contribution in [3.05, 3.63) is 36.2 Å². The van der Waals surface area contributed by atoms with E-state index in [1.54, 1.807) is 21.8 Å². The number of nitrogens with zero attached hydrogens (tertiary/aromatic N) is 3. The smallest absolute Gasteiger partial charge is 0.311 e. The van der Waals surface area contributed by atoms with Gasteiger partial charge in [0.1, 0.15) is 0 Å². The molecular formula is C15H17N3O3. The summed E-state index contributed by atoms with van der Waals surface area (Å²) in [5.41, 5.74) is 0.457.